The fraction of sp³-hybridized carbons (Fsp3) is 0.643. The number of likely N-dealkylation sites (N-methyl/N-ethyl adjacent to an activating group) is 1. The predicted molar refractivity (Wildman–Crippen MR) is 76.3 cm³/mol. The van der Waals surface area contributed by atoms with Crippen LogP contribution in [0.15, 0.2) is 6.33 Å². The van der Waals surface area contributed by atoms with Gasteiger partial charge in [0.1, 0.15) is 12.1 Å². The van der Waals surface area contributed by atoms with Gasteiger partial charge in [-0.1, -0.05) is 0 Å². The molecule has 0 bridgehead atoms. The van der Waals surface area contributed by atoms with E-state index in [1.165, 1.54) is 5.56 Å². The van der Waals surface area contributed by atoms with Crippen LogP contribution >= 0.6 is 0 Å². The van der Waals surface area contributed by atoms with Gasteiger partial charge in [0.25, 0.3) is 0 Å². The van der Waals surface area contributed by atoms with Crippen molar-refractivity contribution in [3.8, 4) is 6.07 Å². The summed E-state index contributed by atoms with van der Waals surface area (Å²) in [7, 11) is 2.10. The van der Waals surface area contributed by atoms with Gasteiger partial charge in [0.2, 0.25) is 0 Å². The Labute approximate surface area is 119 Å². The summed E-state index contributed by atoms with van der Waals surface area (Å²) in [6.45, 7) is 4.64. The topological polar surface area (TPSA) is 68.1 Å². The highest BCUT2D eigenvalue weighted by Crippen LogP contribution is 2.25. The van der Waals surface area contributed by atoms with E-state index in [0.717, 1.165) is 50.7 Å². The minimum absolute atomic E-state index is 0.293. The number of hydrogen-bond acceptors (Lipinski definition) is 6. The van der Waals surface area contributed by atoms with Crippen LogP contribution in [0.4, 0.5) is 5.82 Å². The molecule has 0 amide bonds. The lowest BCUT2D eigenvalue weighted by molar-refractivity contribution is 0.220. The Morgan fingerprint density at radius 2 is 2.35 bits per heavy atom. The van der Waals surface area contributed by atoms with E-state index in [1.54, 1.807) is 6.33 Å². The summed E-state index contributed by atoms with van der Waals surface area (Å²) in [5, 5.41) is 12.3. The Kier molecular flexibility index (Phi) is 3.81. The van der Waals surface area contributed by atoms with Gasteiger partial charge in [0, 0.05) is 37.8 Å². The summed E-state index contributed by atoms with van der Waals surface area (Å²) >= 11 is 0. The van der Waals surface area contributed by atoms with Crippen molar-refractivity contribution in [1.82, 2.24) is 20.2 Å². The molecule has 1 N–H and O–H groups in total. The molecule has 6 nitrogen and oxygen atoms in total. The quantitative estimate of drug-likeness (QED) is 0.827. The highest BCUT2D eigenvalue weighted by Gasteiger charge is 2.27. The van der Waals surface area contributed by atoms with Crippen molar-refractivity contribution in [2.45, 2.75) is 25.4 Å². The molecule has 1 saturated heterocycles. The van der Waals surface area contributed by atoms with E-state index in [4.69, 9.17) is 5.26 Å². The molecule has 2 aliphatic heterocycles. The molecular formula is C14H20N6. The van der Waals surface area contributed by atoms with E-state index < -0.39 is 0 Å². The molecule has 20 heavy (non-hydrogen) atoms. The van der Waals surface area contributed by atoms with Crippen molar-refractivity contribution in [2.75, 3.05) is 38.1 Å². The van der Waals surface area contributed by atoms with Crippen LogP contribution in [0.25, 0.3) is 0 Å². The van der Waals surface area contributed by atoms with E-state index >= 15 is 0 Å². The molecule has 3 rings (SSSR count). The molecule has 0 radical (unpaired) electrons. The maximum absolute atomic E-state index is 8.96. The molecule has 106 valence electrons. The second-order valence-electron chi connectivity index (χ2n) is 5.49. The van der Waals surface area contributed by atoms with Crippen molar-refractivity contribution in [3.05, 3.63) is 17.6 Å². The Bertz CT molecular complexity index is 523. The van der Waals surface area contributed by atoms with Crippen LogP contribution in [0.5, 0.6) is 0 Å². The van der Waals surface area contributed by atoms with E-state index in [-0.39, 0.29) is 0 Å². The molecule has 1 aromatic rings. The number of piperazine rings is 1. The van der Waals surface area contributed by atoms with Crippen molar-refractivity contribution in [3.63, 3.8) is 0 Å². The van der Waals surface area contributed by atoms with Gasteiger partial charge in [-0.05, 0) is 20.0 Å². The normalized spacial score (nSPS) is 23.2. The summed E-state index contributed by atoms with van der Waals surface area (Å²) in [4.78, 5) is 13.5. The maximum Gasteiger partial charge on any atom is 0.135 e. The highest BCUT2D eigenvalue weighted by atomic mass is 15.3. The van der Waals surface area contributed by atoms with Crippen LogP contribution in [0.3, 0.4) is 0 Å². The zero-order valence-corrected chi connectivity index (χ0v) is 11.8. The van der Waals surface area contributed by atoms with Gasteiger partial charge in [-0.2, -0.15) is 5.26 Å². The average Bonchev–Trinajstić information content (AvgIpc) is 2.49. The van der Waals surface area contributed by atoms with E-state index in [1.807, 2.05) is 0 Å². The molecule has 0 aliphatic carbocycles. The van der Waals surface area contributed by atoms with E-state index in [2.05, 4.69) is 38.2 Å². The molecule has 1 fully saturated rings. The first-order valence-corrected chi connectivity index (χ1v) is 7.15. The average molecular weight is 272 g/mol. The van der Waals surface area contributed by atoms with Crippen molar-refractivity contribution in [2.24, 2.45) is 0 Å². The molecule has 0 spiro atoms. The zero-order chi connectivity index (χ0) is 13.9. The fourth-order valence-electron chi connectivity index (χ4n) is 3.00. The number of nitriles is 1. The third-order valence-electron chi connectivity index (χ3n) is 4.26. The number of nitrogens with zero attached hydrogens (tertiary/aromatic N) is 5. The molecule has 0 saturated carbocycles. The first kappa shape index (κ1) is 13.3. The van der Waals surface area contributed by atoms with Crippen molar-refractivity contribution >= 4 is 5.82 Å². The van der Waals surface area contributed by atoms with Gasteiger partial charge < -0.3 is 10.2 Å². The molecule has 6 heteroatoms. The third-order valence-corrected chi connectivity index (χ3v) is 4.26. The largest absolute Gasteiger partial charge is 0.353 e. The van der Waals surface area contributed by atoms with Gasteiger partial charge >= 0.3 is 0 Å². The van der Waals surface area contributed by atoms with Gasteiger partial charge in [0.15, 0.2) is 0 Å². The van der Waals surface area contributed by atoms with Crippen molar-refractivity contribution in [1.29, 1.82) is 5.26 Å². The highest BCUT2D eigenvalue weighted by molar-refractivity contribution is 5.50. The Morgan fingerprint density at radius 3 is 3.20 bits per heavy atom. The molecule has 0 aromatic carbocycles. The number of nitrogens with one attached hydrogen (secondary N) is 1. The van der Waals surface area contributed by atoms with Crippen LogP contribution in [-0.4, -0.2) is 54.1 Å². The maximum atomic E-state index is 8.96. The number of aromatic nitrogens is 2. The Hall–Kier alpha value is -1.71. The van der Waals surface area contributed by atoms with Crippen LogP contribution in [0.1, 0.15) is 17.7 Å². The fourth-order valence-corrected chi connectivity index (χ4v) is 3.00. The number of anilines is 1. The van der Waals surface area contributed by atoms with Crippen LogP contribution < -0.4 is 10.2 Å². The summed E-state index contributed by atoms with van der Waals surface area (Å²) in [5.74, 6) is 1.08. The van der Waals surface area contributed by atoms with E-state index in [9.17, 15) is 0 Å². The predicted octanol–water partition coefficient (Wildman–Crippen LogP) is 0.156. The number of fused-ring (bicyclic) bond motifs is 1. The standard InChI is InChI=1S/C14H20N6/c1-19-6-7-20(9-11(19)2-4-15)14-12-3-5-16-8-13(12)17-10-18-14/h10-11,16H,2-3,5-9H2,1H3/t11-/m0/s1. The van der Waals surface area contributed by atoms with Crippen LogP contribution in [-0.2, 0) is 13.0 Å². The monoisotopic (exact) mass is 272 g/mol. The molecule has 0 unspecified atom stereocenters. The zero-order valence-electron chi connectivity index (χ0n) is 11.8. The number of hydrogen-bond donors (Lipinski definition) is 1. The molecule has 1 atom stereocenters. The number of rotatable bonds is 2. The first-order chi connectivity index (χ1) is 9.79. The van der Waals surface area contributed by atoms with Crippen LogP contribution in [0, 0.1) is 11.3 Å². The Morgan fingerprint density at radius 1 is 1.45 bits per heavy atom. The summed E-state index contributed by atoms with van der Waals surface area (Å²) < 4.78 is 0. The summed E-state index contributed by atoms with van der Waals surface area (Å²) in [6.07, 6.45) is 3.22. The minimum atomic E-state index is 0.293. The van der Waals surface area contributed by atoms with Gasteiger partial charge in [-0.15, -0.1) is 0 Å². The van der Waals surface area contributed by atoms with Crippen LogP contribution in [0.2, 0.25) is 0 Å². The van der Waals surface area contributed by atoms with Gasteiger partial charge in [-0.3, -0.25) is 4.90 Å². The SMILES string of the molecule is CN1CCN(c2ncnc3c2CCNC3)C[C@@H]1CC#N. The van der Waals surface area contributed by atoms with Gasteiger partial charge in [-0.25, -0.2) is 9.97 Å². The second-order valence-corrected chi connectivity index (χ2v) is 5.49. The summed E-state index contributed by atoms with van der Waals surface area (Å²) in [6, 6.07) is 2.58. The molecule has 1 aromatic heterocycles. The molecule has 2 aliphatic rings. The second kappa shape index (κ2) is 5.73. The lowest BCUT2D eigenvalue weighted by Gasteiger charge is -2.40. The lowest BCUT2D eigenvalue weighted by atomic mass is 10.0. The minimum Gasteiger partial charge on any atom is -0.353 e. The lowest BCUT2D eigenvalue weighted by Crippen LogP contribution is -2.52. The van der Waals surface area contributed by atoms with Gasteiger partial charge in [0.05, 0.1) is 18.2 Å². The molecule has 3 heterocycles. The first-order valence-electron chi connectivity index (χ1n) is 7.15. The Balaban J connectivity index is 1.84. The van der Waals surface area contributed by atoms with E-state index in [0.29, 0.717) is 12.5 Å². The molecular weight excluding hydrogens is 252 g/mol. The van der Waals surface area contributed by atoms with Crippen molar-refractivity contribution < 1.29 is 0 Å². The third kappa shape index (κ3) is 2.47. The smallest absolute Gasteiger partial charge is 0.135 e. The summed E-state index contributed by atoms with van der Waals surface area (Å²) in [5.41, 5.74) is 2.41.